The van der Waals surface area contributed by atoms with Gasteiger partial charge in [0.1, 0.15) is 0 Å². The Labute approximate surface area is 166 Å². The molecule has 5 heteroatoms. The number of nitrogens with zero attached hydrogens (tertiary/aromatic N) is 3. The quantitative estimate of drug-likeness (QED) is 0.744. The molecule has 0 N–H and O–H groups in total. The first kappa shape index (κ1) is 18.9. The average molecular weight is 377 g/mol. The molecule has 2 aliphatic rings. The van der Waals surface area contributed by atoms with E-state index in [1.807, 2.05) is 44.2 Å². The second-order valence-corrected chi connectivity index (χ2v) is 8.09. The first-order chi connectivity index (χ1) is 13.5. The summed E-state index contributed by atoms with van der Waals surface area (Å²) in [5, 5.41) is 9.01. The Kier molecular flexibility index (Phi) is 5.09. The number of rotatable bonds is 5. The smallest absolute Gasteiger partial charge is 0.178 e. The molecule has 2 fully saturated rings. The van der Waals surface area contributed by atoms with E-state index in [1.54, 1.807) is 7.11 Å². The number of methoxy groups -OCH3 is 1. The number of piperidine rings is 1. The zero-order valence-electron chi connectivity index (χ0n) is 16.8. The molecule has 0 spiro atoms. The topological polar surface area (TPSA) is 58.3 Å². The van der Waals surface area contributed by atoms with E-state index in [1.165, 1.54) is 12.8 Å². The first-order valence-corrected chi connectivity index (χ1v) is 10.0. The van der Waals surface area contributed by atoms with Gasteiger partial charge in [-0.15, -0.1) is 0 Å². The Morgan fingerprint density at radius 1 is 1.18 bits per heavy atom. The molecule has 0 radical (unpaired) electrons. The predicted octanol–water partition coefficient (Wildman–Crippen LogP) is 3.79. The Morgan fingerprint density at radius 2 is 1.82 bits per heavy atom. The predicted molar refractivity (Wildman–Crippen MR) is 108 cm³/mol. The van der Waals surface area contributed by atoms with Crippen molar-refractivity contribution in [3.8, 4) is 11.8 Å². The van der Waals surface area contributed by atoms with Crippen LogP contribution in [-0.4, -0.2) is 47.1 Å². The van der Waals surface area contributed by atoms with Crippen LogP contribution in [0.4, 0.5) is 0 Å². The molecule has 2 saturated heterocycles. The van der Waals surface area contributed by atoms with E-state index >= 15 is 0 Å². The third-order valence-corrected chi connectivity index (χ3v) is 6.49. The Hall–Kier alpha value is -2.42. The normalized spacial score (nSPS) is 24.3. The maximum Gasteiger partial charge on any atom is 0.178 e. The SMILES string of the molecule is COC1CC2CC[C@H](C1)N2CC(=O)c1cc(C)n(-c2ccc(C#N)cc2)c1C. The van der Waals surface area contributed by atoms with Gasteiger partial charge in [-0.05, 0) is 69.9 Å². The standard InChI is InChI=1S/C23H27N3O2/c1-15-10-22(16(2)26(15)18-6-4-17(13-24)5-7-18)23(27)14-25-19-8-9-20(25)12-21(11-19)28-3/h4-7,10,19-21H,8-9,11-12,14H2,1-3H3/t19-,20?,21?/m1/s1. The number of carbonyl (C=O) groups excluding carboxylic acids is 1. The summed E-state index contributed by atoms with van der Waals surface area (Å²) in [7, 11) is 1.79. The van der Waals surface area contributed by atoms with Gasteiger partial charge in [-0.1, -0.05) is 0 Å². The highest BCUT2D eigenvalue weighted by atomic mass is 16.5. The second kappa shape index (κ2) is 7.54. The fourth-order valence-corrected chi connectivity index (χ4v) is 5.05. The number of benzene rings is 1. The van der Waals surface area contributed by atoms with E-state index in [9.17, 15) is 4.79 Å². The number of Topliss-reactive ketones (excluding diaryl/α,β-unsaturated/α-hetero) is 1. The number of aromatic nitrogens is 1. The number of carbonyl (C=O) groups is 1. The molecule has 4 rings (SSSR count). The van der Waals surface area contributed by atoms with Crippen molar-refractivity contribution in [1.29, 1.82) is 5.26 Å². The van der Waals surface area contributed by atoms with Gasteiger partial charge in [-0.2, -0.15) is 5.26 Å². The highest BCUT2D eigenvalue weighted by Gasteiger charge is 2.41. The monoisotopic (exact) mass is 377 g/mol. The lowest BCUT2D eigenvalue weighted by Crippen LogP contribution is -2.47. The van der Waals surface area contributed by atoms with Crippen molar-refractivity contribution < 1.29 is 9.53 Å². The van der Waals surface area contributed by atoms with E-state index in [0.717, 1.165) is 35.5 Å². The summed E-state index contributed by atoms with van der Waals surface area (Å²) in [5.74, 6) is 0.195. The van der Waals surface area contributed by atoms with Gasteiger partial charge >= 0.3 is 0 Å². The summed E-state index contributed by atoms with van der Waals surface area (Å²) in [6.45, 7) is 4.52. The lowest BCUT2D eigenvalue weighted by molar-refractivity contribution is 0.00723. The van der Waals surface area contributed by atoms with Gasteiger partial charge in [0, 0.05) is 41.8 Å². The van der Waals surface area contributed by atoms with Crippen LogP contribution in [0.1, 0.15) is 53.0 Å². The molecule has 5 nitrogen and oxygen atoms in total. The zero-order chi connectivity index (χ0) is 19.8. The summed E-state index contributed by atoms with van der Waals surface area (Å²) in [6, 6.07) is 12.6. The molecule has 2 bridgehead atoms. The Balaban J connectivity index is 1.55. The molecule has 3 heterocycles. The lowest BCUT2D eigenvalue weighted by Gasteiger charge is -2.37. The average Bonchev–Trinajstić information content (AvgIpc) is 3.12. The molecule has 2 unspecified atom stereocenters. The number of hydrogen-bond donors (Lipinski definition) is 0. The van der Waals surface area contributed by atoms with Gasteiger partial charge in [0.2, 0.25) is 0 Å². The van der Waals surface area contributed by atoms with Crippen LogP contribution < -0.4 is 0 Å². The van der Waals surface area contributed by atoms with Crippen LogP contribution in [0.25, 0.3) is 5.69 Å². The number of nitriles is 1. The van der Waals surface area contributed by atoms with Crippen molar-refractivity contribution in [1.82, 2.24) is 9.47 Å². The van der Waals surface area contributed by atoms with Gasteiger partial charge in [0.25, 0.3) is 0 Å². The Morgan fingerprint density at radius 3 is 2.39 bits per heavy atom. The minimum absolute atomic E-state index is 0.195. The summed E-state index contributed by atoms with van der Waals surface area (Å²) < 4.78 is 7.68. The molecule has 2 aromatic rings. The molecule has 146 valence electrons. The largest absolute Gasteiger partial charge is 0.381 e. The van der Waals surface area contributed by atoms with Gasteiger partial charge in [0.05, 0.1) is 24.3 Å². The fourth-order valence-electron chi connectivity index (χ4n) is 5.05. The van der Waals surface area contributed by atoms with Crippen molar-refractivity contribution in [2.75, 3.05) is 13.7 Å². The number of ether oxygens (including phenoxy) is 1. The van der Waals surface area contributed by atoms with Crippen LogP contribution in [0.15, 0.2) is 30.3 Å². The Bertz CT molecular complexity index is 909. The molecule has 3 atom stereocenters. The molecule has 1 aromatic carbocycles. The third kappa shape index (κ3) is 3.28. The number of fused-ring (bicyclic) bond motifs is 2. The minimum atomic E-state index is 0.195. The number of hydrogen-bond acceptors (Lipinski definition) is 4. The van der Waals surface area contributed by atoms with Crippen LogP contribution in [0, 0.1) is 25.2 Å². The molecule has 2 aliphatic heterocycles. The van der Waals surface area contributed by atoms with E-state index in [-0.39, 0.29) is 5.78 Å². The highest BCUT2D eigenvalue weighted by molar-refractivity contribution is 5.99. The van der Waals surface area contributed by atoms with Crippen molar-refractivity contribution in [3.63, 3.8) is 0 Å². The van der Waals surface area contributed by atoms with Crippen LogP contribution in [0.2, 0.25) is 0 Å². The summed E-state index contributed by atoms with van der Waals surface area (Å²) in [4.78, 5) is 15.6. The van der Waals surface area contributed by atoms with Crippen molar-refractivity contribution in [3.05, 3.63) is 52.8 Å². The molecule has 1 aromatic heterocycles. The summed E-state index contributed by atoms with van der Waals surface area (Å²) in [6.07, 6.45) is 4.74. The number of aryl methyl sites for hydroxylation is 1. The van der Waals surface area contributed by atoms with E-state index in [4.69, 9.17) is 10.00 Å². The van der Waals surface area contributed by atoms with Gasteiger partial charge in [0.15, 0.2) is 5.78 Å². The molecular formula is C23H27N3O2. The molecule has 0 saturated carbocycles. The van der Waals surface area contributed by atoms with Crippen LogP contribution >= 0.6 is 0 Å². The molecule has 0 amide bonds. The summed E-state index contributed by atoms with van der Waals surface area (Å²) in [5.41, 5.74) is 4.42. The minimum Gasteiger partial charge on any atom is -0.381 e. The number of ketones is 1. The van der Waals surface area contributed by atoms with E-state index < -0.39 is 0 Å². The molecular weight excluding hydrogens is 350 g/mol. The molecule has 0 aliphatic carbocycles. The zero-order valence-corrected chi connectivity index (χ0v) is 16.8. The van der Waals surface area contributed by atoms with Crippen molar-refractivity contribution >= 4 is 5.78 Å². The maximum atomic E-state index is 13.2. The molecule has 28 heavy (non-hydrogen) atoms. The van der Waals surface area contributed by atoms with Crippen LogP contribution in [-0.2, 0) is 4.74 Å². The van der Waals surface area contributed by atoms with Gasteiger partial charge in [-0.25, -0.2) is 0 Å². The first-order valence-electron chi connectivity index (χ1n) is 10.0. The van der Waals surface area contributed by atoms with Crippen molar-refractivity contribution in [2.45, 2.75) is 57.7 Å². The second-order valence-electron chi connectivity index (χ2n) is 8.09. The highest BCUT2D eigenvalue weighted by Crippen LogP contribution is 2.37. The van der Waals surface area contributed by atoms with E-state index in [0.29, 0.717) is 30.3 Å². The van der Waals surface area contributed by atoms with E-state index in [2.05, 4.69) is 15.5 Å². The van der Waals surface area contributed by atoms with Gasteiger partial charge < -0.3 is 9.30 Å². The van der Waals surface area contributed by atoms with Gasteiger partial charge in [-0.3, -0.25) is 9.69 Å². The van der Waals surface area contributed by atoms with Crippen LogP contribution in [0.5, 0.6) is 0 Å². The van der Waals surface area contributed by atoms with Crippen molar-refractivity contribution in [2.24, 2.45) is 0 Å². The summed E-state index contributed by atoms with van der Waals surface area (Å²) >= 11 is 0. The lowest BCUT2D eigenvalue weighted by atomic mass is 9.98. The fraction of sp³-hybridized carbons (Fsp3) is 0.478. The maximum absolute atomic E-state index is 13.2. The van der Waals surface area contributed by atoms with Crippen LogP contribution in [0.3, 0.4) is 0 Å². The third-order valence-electron chi connectivity index (χ3n) is 6.49.